The van der Waals surface area contributed by atoms with Crippen molar-refractivity contribution in [1.82, 2.24) is 14.5 Å². The van der Waals surface area contributed by atoms with Crippen LogP contribution in [0.15, 0.2) is 30.3 Å². The number of sulfonamides is 1. The third-order valence-electron chi connectivity index (χ3n) is 3.56. The first-order chi connectivity index (χ1) is 10.8. The molecule has 2 rings (SSSR count). The molecule has 0 aliphatic carbocycles. The highest BCUT2D eigenvalue weighted by molar-refractivity contribution is 7.89. The van der Waals surface area contributed by atoms with Gasteiger partial charge in [-0.05, 0) is 44.5 Å². The Morgan fingerprint density at radius 3 is 2.43 bits per heavy atom. The zero-order chi connectivity index (χ0) is 17.0. The van der Waals surface area contributed by atoms with E-state index in [4.69, 9.17) is 4.74 Å². The van der Waals surface area contributed by atoms with Gasteiger partial charge in [-0.2, -0.15) is 5.10 Å². The van der Waals surface area contributed by atoms with Crippen LogP contribution in [0.25, 0.3) is 5.69 Å². The van der Waals surface area contributed by atoms with E-state index in [0.29, 0.717) is 0 Å². The smallest absolute Gasteiger partial charge is 0.214 e. The highest BCUT2D eigenvalue weighted by Crippen LogP contribution is 2.18. The van der Waals surface area contributed by atoms with Gasteiger partial charge in [-0.15, -0.1) is 0 Å². The van der Waals surface area contributed by atoms with E-state index >= 15 is 0 Å². The number of nitrogens with zero attached hydrogens (tertiary/aromatic N) is 2. The zero-order valence-electron chi connectivity index (χ0n) is 13.9. The zero-order valence-corrected chi connectivity index (χ0v) is 14.7. The van der Waals surface area contributed by atoms with Crippen molar-refractivity contribution in [3.63, 3.8) is 0 Å². The van der Waals surface area contributed by atoms with E-state index in [0.717, 1.165) is 22.6 Å². The van der Waals surface area contributed by atoms with Gasteiger partial charge in [0.1, 0.15) is 0 Å². The van der Waals surface area contributed by atoms with Crippen molar-refractivity contribution < 1.29 is 13.2 Å². The van der Waals surface area contributed by atoms with Crippen LogP contribution in [-0.4, -0.2) is 37.7 Å². The standard InChI is InChI=1S/C16H23N3O3S/c1-12-11-13(2)19(17-12)16-7-5-15(6-8-16)14(3)18-23(20,21)10-9-22-4/h5-8,11,14,18H,9-10H2,1-4H3. The lowest BCUT2D eigenvalue weighted by atomic mass is 10.1. The molecule has 1 N–H and O–H groups in total. The maximum Gasteiger partial charge on any atom is 0.214 e. The van der Waals surface area contributed by atoms with E-state index in [9.17, 15) is 8.42 Å². The Morgan fingerprint density at radius 1 is 1.26 bits per heavy atom. The maximum atomic E-state index is 11.9. The fourth-order valence-corrected chi connectivity index (χ4v) is 3.56. The molecular weight excluding hydrogens is 314 g/mol. The Morgan fingerprint density at radius 2 is 1.91 bits per heavy atom. The van der Waals surface area contributed by atoms with Crippen molar-refractivity contribution in [3.8, 4) is 5.69 Å². The molecule has 1 heterocycles. The molecule has 126 valence electrons. The summed E-state index contributed by atoms with van der Waals surface area (Å²) in [4.78, 5) is 0. The summed E-state index contributed by atoms with van der Waals surface area (Å²) in [5.74, 6) is -0.0440. The molecule has 0 spiro atoms. The van der Waals surface area contributed by atoms with Crippen LogP contribution in [0.1, 0.15) is 29.9 Å². The molecule has 1 aromatic heterocycles. The minimum atomic E-state index is -3.35. The van der Waals surface area contributed by atoms with Crippen LogP contribution in [-0.2, 0) is 14.8 Å². The predicted octanol–water partition coefficient (Wildman–Crippen LogP) is 2.12. The van der Waals surface area contributed by atoms with Crippen molar-refractivity contribution in [2.24, 2.45) is 0 Å². The second-order valence-corrected chi connectivity index (χ2v) is 7.46. The van der Waals surface area contributed by atoms with Crippen LogP contribution in [0.4, 0.5) is 0 Å². The largest absolute Gasteiger partial charge is 0.384 e. The molecule has 0 bridgehead atoms. The van der Waals surface area contributed by atoms with Gasteiger partial charge in [0.25, 0.3) is 0 Å². The average Bonchev–Trinajstić information content (AvgIpc) is 2.83. The summed E-state index contributed by atoms with van der Waals surface area (Å²) in [5, 5.41) is 4.44. The minimum Gasteiger partial charge on any atom is -0.384 e. The van der Waals surface area contributed by atoms with Crippen molar-refractivity contribution in [2.45, 2.75) is 26.8 Å². The third kappa shape index (κ3) is 4.63. The van der Waals surface area contributed by atoms with Crippen LogP contribution >= 0.6 is 0 Å². The van der Waals surface area contributed by atoms with Gasteiger partial charge in [0.05, 0.1) is 23.7 Å². The first-order valence-electron chi connectivity index (χ1n) is 7.45. The van der Waals surface area contributed by atoms with E-state index in [1.165, 1.54) is 7.11 Å². The molecular formula is C16H23N3O3S. The Hall–Kier alpha value is -1.70. The highest BCUT2D eigenvalue weighted by atomic mass is 32.2. The number of nitrogens with one attached hydrogen (secondary N) is 1. The van der Waals surface area contributed by atoms with Crippen LogP contribution in [0.3, 0.4) is 0 Å². The Kier molecular flexibility index (Phi) is 5.56. The van der Waals surface area contributed by atoms with Gasteiger partial charge < -0.3 is 4.74 Å². The quantitative estimate of drug-likeness (QED) is 0.840. The molecule has 7 heteroatoms. The van der Waals surface area contributed by atoms with Crippen molar-refractivity contribution in [3.05, 3.63) is 47.3 Å². The number of methoxy groups -OCH3 is 1. The van der Waals surface area contributed by atoms with Crippen LogP contribution < -0.4 is 4.72 Å². The van der Waals surface area contributed by atoms with E-state index in [1.54, 1.807) is 0 Å². The fourth-order valence-electron chi connectivity index (χ4n) is 2.38. The summed E-state index contributed by atoms with van der Waals surface area (Å²) in [5.41, 5.74) is 3.87. The lowest BCUT2D eigenvalue weighted by molar-refractivity contribution is 0.216. The summed E-state index contributed by atoms with van der Waals surface area (Å²) in [6.45, 7) is 5.96. The molecule has 0 amide bonds. The normalized spacial score (nSPS) is 13.2. The van der Waals surface area contributed by atoms with Crippen LogP contribution in [0.2, 0.25) is 0 Å². The molecule has 0 aliphatic rings. The number of benzene rings is 1. The topological polar surface area (TPSA) is 73.2 Å². The molecule has 23 heavy (non-hydrogen) atoms. The number of ether oxygens (including phenoxy) is 1. The average molecular weight is 337 g/mol. The van der Waals surface area contributed by atoms with Gasteiger partial charge in [-0.1, -0.05) is 12.1 Å². The molecule has 1 atom stereocenters. The van der Waals surface area contributed by atoms with E-state index in [1.807, 2.05) is 55.8 Å². The van der Waals surface area contributed by atoms with E-state index < -0.39 is 10.0 Å². The second kappa shape index (κ2) is 7.25. The summed E-state index contributed by atoms with van der Waals surface area (Å²) in [6.07, 6.45) is 0. The number of aryl methyl sites for hydroxylation is 2. The number of rotatable bonds is 7. The van der Waals surface area contributed by atoms with Gasteiger partial charge in [0.2, 0.25) is 10.0 Å². The Labute approximate surface area is 137 Å². The first-order valence-corrected chi connectivity index (χ1v) is 9.10. The van der Waals surface area contributed by atoms with E-state index in [-0.39, 0.29) is 18.4 Å². The summed E-state index contributed by atoms with van der Waals surface area (Å²) in [6, 6.07) is 9.42. The summed E-state index contributed by atoms with van der Waals surface area (Å²) >= 11 is 0. The number of hydrogen-bond donors (Lipinski definition) is 1. The second-order valence-electron chi connectivity index (χ2n) is 5.58. The third-order valence-corrected chi connectivity index (χ3v) is 4.98. The summed E-state index contributed by atoms with van der Waals surface area (Å²) in [7, 11) is -1.87. The van der Waals surface area contributed by atoms with Crippen molar-refractivity contribution >= 4 is 10.0 Å². The minimum absolute atomic E-state index is 0.0440. The molecule has 0 saturated carbocycles. The lowest BCUT2D eigenvalue weighted by Crippen LogP contribution is -2.30. The van der Waals surface area contributed by atoms with Gasteiger partial charge in [-0.25, -0.2) is 17.8 Å². The molecule has 2 aromatic rings. The Bertz CT molecular complexity index is 751. The Balaban J connectivity index is 2.11. The van der Waals surface area contributed by atoms with Crippen molar-refractivity contribution in [1.29, 1.82) is 0 Å². The number of aromatic nitrogens is 2. The molecule has 1 aromatic carbocycles. The predicted molar refractivity (Wildman–Crippen MR) is 90.3 cm³/mol. The molecule has 0 saturated heterocycles. The monoisotopic (exact) mass is 337 g/mol. The molecule has 1 unspecified atom stereocenters. The van der Waals surface area contributed by atoms with Gasteiger partial charge in [0.15, 0.2) is 0 Å². The van der Waals surface area contributed by atoms with Gasteiger partial charge in [0, 0.05) is 18.8 Å². The van der Waals surface area contributed by atoms with Gasteiger partial charge in [-0.3, -0.25) is 0 Å². The molecule has 0 aliphatic heterocycles. The number of hydrogen-bond acceptors (Lipinski definition) is 4. The molecule has 6 nitrogen and oxygen atoms in total. The fraction of sp³-hybridized carbons (Fsp3) is 0.438. The lowest BCUT2D eigenvalue weighted by Gasteiger charge is -2.15. The molecule has 0 fully saturated rings. The highest BCUT2D eigenvalue weighted by Gasteiger charge is 2.15. The van der Waals surface area contributed by atoms with Crippen LogP contribution in [0, 0.1) is 13.8 Å². The van der Waals surface area contributed by atoms with Gasteiger partial charge >= 0.3 is 0 Å². The van der Waals surface area contributed by atoms with E-state index in [2.05, 4.69) is 9.82 Å². The maximum absolute atomic E-state index is 11.9. The SMILES string of the molecule is COCCS(=O)(=O)NC(C)c1ccc(-n2nc(C)cc2C)cc1. The summed E-state index contributed by atoms with van der Waals surface area (Å²) < 4.78 is 33.1. The van der Waals surface area contributed by atoms with Crippen LogP contribution in [0.5, 0.6) is 0 Å². The first kappa shape index (κ1) is 17.7. The molecule has 0 radical (unpaired) electrons. The van der Waals surface area contributed by atoms with Crippen molar-refractivity contribution in [2.75, 3.05) is 19.5 Å².